The fourth-order valence-electron chi connectivity index (χ4n) is 11.8. The van der Waals surface area contributed by atoms with Gasteiger partial charge in [0.25, 0.3) is 0 Å². The molecule has 6 heteroatoms. The summed E-state index contributed by atoms with van der Waals surface area (Å²) in [5.41, 5.74) is 3.03. The van der Waals surface area contributed by atoms with Gasteiger partial charge in [0.15, 0.2) is 10.9 Å². The van der Waals surface area contributed by atoms with Crippen molar-refractivity contribution in [2.24, 2.45) is 50.2 Å². The van der Waals surface area contributed by atoms with Crippen LogP contribution in [0.2, 0.25) is 0 Å². The number of amides is 1. The van der Waals surface area contributed by atoms with Crippen LogP contribution in [0.3, 0.4) is 0 Å². The van der Waals surface area contributed by atoms with Gasteiger partial charge in [0.2, 0.25) is 5.91 Å². The predicted molar refractivity (Wildman–Crippen MR) is 192 cm³/mol. The Morgan fingerprint density at radius 2 is 1.59 bits per heavy atom. The summed E-state index contributed by atoms with van der Waals surface area (Å²) >= 11 is 5.49. The second-order valence-corrected chi connectivity index (χ2v) is 18.1. The standard InChI is InChI=1S/C40H57N3O2S/c1-26-24-37(6)30(36(4,5)32(26)44)16-17-39(8)31(37)15-14-28-29-25-35(2,3)18-20-40(29,21-19-38(28,39)7)33(45)41-22-23-42-34(46)43-27-12-10-9-11-13-27/h9-14,29-31H,1,15-25H2,2-8H3,(H,41,45)(H2,42,43,46)/t29-,30-,31+,37-,38+,39+,40-/m0/s1. The number of Topliss-reactive ketones (excluding diaryl/α,β-unsaturated/α-hetero) is 1. The molecular weight excluding hydrogens is 587 g/mol. The molecular formula is C40H57N3O2S. The summed E-state index contributed by atoms with van der Waals surface area (Å²) in [6, 6.07) is 9.90. The van der Waals surface area contributed by atoms with Gasteiger partial charge in [-0.2, -0.15) is 0 Å². The summed E-state index contributed by atoms with van der Waals surface area (Å²) in [6.07, 6.45) is 11.8. The molecule has 0 aromatic heterocycles. The van der Waals surface area contributed by atoms with E-state index in [2.05, 4.69) is 77.1 Å². The molecule has 1 aromatic rings. The van der Waals surface area contributed by atoms with Crippen molar-refractivity contribution in [1.82, 2.24) is 10.6 Å². The van der Waals surface area contributed by atoms with E-state index in [1.807, 2.05) is 30.3 Å². The molecule has 1 aromatic carbocycles. The molecule has 0 bridgehead atoms. The quantitative estimate of drug-likeness (QED) is 0.130. The molecule has 0 spiro atoms. The summed E-state index contributed by atoms with van der Waals surface area (Å²) in [5, 5.41) is 10.4. The van der Waals surface area contributed by atoms with Crippen molar-refractivity contribution in [2.45, 2.75) is 106 Å². The van der Waals surface area contributed by atoms with Crippen LogP contribution in [-0.4, -0.2) is 29.9 Å². The van der Waals surface area contributed by atoms with Gasteiger partial charge in [-0.1, -0.05) is 84.9 Å². The number of carbonyl (C=O) groups excluding carboxylic acids is 2. The van der Waals surface area contributed by atoms with E-state index < -0.39 is 0 Å². The van der Waals surface area contributed by atoms with Gasteiger partial charge in [0.1, 0.15) is 0 Å². The minimum absolute atomic E-state index is 0.0372. The Morgan fingerprint density at radius 3 is 2.30 bits per heavy atom. The van der Waals surface area contributed by atoms with Crippen LogP contribution < -0.4 is 16.0 Å². The molecule has 0 saturated heterocycles. The zero-order chi connectivity index (χ0) is 33.3. The van der Waals surface area contributed by atoms with Crippen molar-refractivity contribution in [3.63, 3.8) is 0 Å². The fraction of sp³-hybridized carbons (Fsp3) is 0.675. The van der Waals surface area contributed by atoms with Gasteiger partial charge >= 0.3 is 0 Å². The third kappa shape index (κ3) is 5.02. The maximum absolute atomic E-state index is 14.4. The van der Waals surface area contributed by atoms with E-state index in [1.54, 1.807) is 5.57 Å². The minimum Gasteiger partial charge on any atom is -0.361 e. The summed E-state index contributed by atoms with van der Waals surface area (Å²) < 4.78 is 0. The van der Waals surface area contributed by atoms with Crippen LogP contribution in [0, 0.1) is 50.2 Å². The lowest BCUT2D eigenvalue weighted by molar-refractivity contribution is -0.179. The topological polar surface area (TPSA) is 70.2 Å². The van der Waals surface area contributed by atoms with Gasteiger partial charge in [-0.3, -0.25) is 9.59 Å². The van der Waals surface area contributed by atoms with Gasteiger partial charge in [0, 0.05) is 24.2 Å². The van der Waals surface area contributed by atoms with Crippen LogP contribution in [0.5, 0.6) is 0 Å². The van der Waals surface area contributed by atoms with Crippen molar-refractivity contribution in [3.05, 3.63) is 54.1 Å². The molecule has 0 aliphatic heterocycles. The lowest BCUT2D eigenvalue weighted by atomic mass is 9.33. The third-order valence-corrected chi connectivity index (χ3v) is 14.7. The molecule has 5 aliphatic carbocycles. The number of benzene rings is 1. The van der Waals surface area contributed by atoms with Crippen molar-refractivity contribution < 1.29 is 9.59 Å². The molecule has 5 nitrogen and oxygen atoms in total. The van der Waals surface area contributed by atoms with Crippen LogP contribution in [0.1, 0.15) is 106 Å². The van der Waals surface area contributed by atoms with Crippen molar-refractivity contribution >= 4 is 34.7 Å². The highest BCUT2D eigenvalue weighted by atomic mass is 32.1. The molecule has 5 aliphatic rings. The van der Waals surface area contributed by atoms with Gasteiger partial charge in [-0.15, -0.1) is 0 Å². The second kappa shape index (κ2) is 11.3. The summed E-state index contributed by atoms with van der Waals surface area (Å²) in [7, 11) is 0. The minimum atomic E-state index is -0.361. The summed E-state index contributed by atoms with van der Waals surface area (Å²) in [5.74, 6) is 1.63. The molecule has 0 unspecified atom stereocenters. The number of allylic oxidation sites excluding steroid dienone is 3. The first-order valence-electron chi connectivity index (χ1n) is 17.8. The van der Waals surface area contributed by atoms with E-state index in [-0.39, 0.29) is 50.1 Å². The molecule has 6 rings (SSSR count). The second-order valence-electron chi connectivity index (χ2n) is 17.7. The number of thiocarbonyl (C=S) groups is 1. The van der Waals surface area contributed by atoms with Gasteiger partial charge in [-0.05, 0) is 127 Å². The highest BCUT2D eigenvalue weighted by Gasteiger charge is 2.69. The fourth-order valence-corrected chi connectivity index (χ4v) is 12.0. The number of hydrogen-bond donors (Lipinski definition) is 3. The maximum atomic E-state index is 14.4. The van der Waals surface area contributed by atoms with Crippen LogP contribution in [0.15, 0.2) is 54.1 Å². The largest absolute Gasteiger partial charge is 0.361 e. The number of nitrogens with one attached hydrogen (secondary N) is 3. The Kier molecular flexibility index (Phi) is 8.22. The zero-order valence-electron chi connectivity index (χ0n) is 29.4. The average molecular weight is 644 g/mol. The Hall–Kier alpha value is -2.47. The Morgan fingerprint density at radius 1 is 0.913 bits per heavy atom. The van der Waals surface area contributed by atoms with Gasteiger partial charge in [-0.25, -0.2) is 0 Å². The lowest BCUT2D eigenvalue weighted by Gasteiger charge is -2.70. The number of fused-ring (bicyclic) bond motifs is 7. The molecule has 3 N–H and O–H groups in total. The Bertz CT molecular complexity index is 1460. The van der Waals surface area contributed by atoms with Crippen LogP contribution >= 0.6 is 12.2 Å². The number of rotatable bonds is 5. The van der Waals surface area contributed by atoms with Crippen LogP contribution in [-0.2, 0) is 9.59 Å². The average Bonchev–Trinajstić information content (AvgIpc) is 2.98. The SMILES string of the molecule is C=C1C[C@]2(C)[C@H]3CC=C4[C@@H]5CC(C)(C)CC[C@]5(C(=O)NCCNC(=S)Nc5ccccc5)CC[C@@]4(C)[C@]3(C)CC[C@H]2C(C)(C)C1=O. The monoisotopic (exact) mass is 643 g/mol. The first kappa shape index (κ1) is 33.4. The molecule has 0 radical (unpaired) electrons. The van der Waals surface area contributed by atoms with Crippen molar-refractivity contribution in [3.8, 4) is 0 Å². The van der Waals surface area contributed by atoms with Gasteiger partial charge < -0.3 is 16.0 Å². The highest BCUT2D eigenvalue weighted by molar-refractivity contribution is 7.80. The maximum Gasteiger partial charge on any atom is 0.226 e. The van der Waals surface area contributed by atoms with Crippen molar-refractivity contribution in [1.29, 1.82) is 0 Å². The van der Waals surface area contributed by atoms with E-state index in [0.29, 0.717) is 30.0 Å². The van der Waals surface area contributed by atoms with Gasteiger partial charge in [0.05, 0.1) is 5.41 Å². The first-order valence-corrected chi connectivity index (χ1v) is 18.2. The summed E-state index contributed by atoms with van der Waals surface area (Å²) in [6.45, 7) is 22.2. The number of ketones is 1. The molecule has 4 fully saturated rings. The molecule has 4 saturated carbocycles. The van der Waals surface area contributed by atoms with Crippen LogP contribution in [0.25, 0.3) is 0 Å². The lowest BCUT2D eigenvalue weighted by Crippen LogP contribution is -2.65. The molecule has 250 valence electrons. The Balaban J connectivity index is 1.24. The predicted octanol–water partition coefficient (Wildman–Crippen LogP) is 8.63. The number of anilines is 1. The number of para-hydroxylation sites is 1. The van der Waals surface area contributed by atoms with E-state index >= 15 is 0 Å². The molecule has 7 atom stereocenters. The normalized spacial score (nSPS) is 39.0. The third-order valence-electron chi connectivity index (χ3n) is 14.5. The Labute approximate surface area is 283 Å². The smallest absolute Gasteiger partial charge is 0.226 e. The number of hydrogen-bond acceptors (Lipinski definition) is 3. The van der Waals surface area contributed by atoms with E-state index in [0.717, 1.165) is 69.0 Å². The van der Waals surface area contributed by atoms with E-state index in [4.69, 9.17) is 12.2 Å². The molecule has 46 heavy (non-hydrogen) atoms. The van der Waals surface area contributed by atoms with E-state index in [9.17, 15) is 9.59 Å². The molecule has 0 heterocycles. The first-order chi connectivity index (χ1) is 21.5. The summed E-state index contributed by atoms with van der Waals surface area (Å²) in [4.78, 5) is 27.7. The number of carbonyl (C=O) groups is 2. The molecule has 1 amide bonds. The van der Waals surface area contributed by atoms with Crippen molar-refractivity contribution in [2.75, 3.05) is 18.4 Å². The van der Waals surface area contributed by atoms with Crippen LogP contribution in [0.4, 0.5) is 5.69 Å². The van der Waals surface area contributed by atoms with E-state index in [1.165, 1.54) is 0 Å². The highest BCUT2D eigenvalue weighted by Crippen LogP contribution is 2.75. The zero-order valence-corrected chi connectivity index (χ0v) is 30.2.